The summed E-state index contributed by atoms with van der Waals surface area (Å²) in [6.07, 6.45) is 5.52. The molecule has 2 heterocycles. The zero-order valence-electron chi connectivity index (χ0n) is 9.38. The summed E-state index contributed by atoms with van der Waals surface area (Å²) in [7, 11) is 1.88. The standard InChI is InChI=1S/C11H15N5/c1-8-10(4-3-5-13-8)11(15-12)9-6-14-16(2)7-9/h3-7,11,15H,12H2,1-2H3. The van der Waals surface area contributed by atoms with Gasteiger partial charge in [0, 0.05) is 30.7 Å². The lowest BCUT2D eigenvalue weighted by Crippen LogP contribution is -2.29. The van der Waals surface area contributed by atoms with E-state index >= 15 is 0 Å². The normalized spacial score (nSPS) is 12.7. The molecule has 1 unspecified atom stereocenters. The molecule has 1 atom stereocenters. The number of aromatic nitrogens is 3. The SMILES string of the molecule is Cc1ncccc1C(NN)c1cnn(C)c1. The van der Waals surface area contributed by atoms with E-state index in [9.17, 15) is 0 Å². The van der Waals surface area contributed by atoms with E-state index in [1.54, 1.807) is 17.1 Å². The number of rotatable bonds is 3. The van der Waals surface area contributed by atoms with Gasteiger partial charge in [-0.3, -0.25) is 15.5 Å². The summed E-state index contributed by atoms with van der Waals surface area (Å²) in [4.78, 5) is 4.26. The molecule has 0 radical (unpaired) electrons. The van der Waals surface area contributed by atoms with Crippen LogP contribution in [0.3, 0.4) is 0 Å². The maximum atomic E-state index is 5.60. The van der Waals surface area contributed by atoms with Crippen molar-refractivity contribution in [2.75, 3.05) is 0 Å². The fourth-order valence-corrected chi connectivity index (χ4v) is 1.76. The van der Waals surface area contributed by atoms with Crippen LogP contribution in [0.15, 0.2) is 30.7 Å². The Bertz CT molecular complexity index is 477. The predicted octanol–water partition coefficient (Wildman–Crippen LogP) is 0.676. The lowest BCUT2D eigenvalue weighted by atomic mass is 10.0. The summed E-state index contributed by atoms with van der Waals surface area (Å²) >= 11 is 0. The van der Waals surface area contributed by atoms with Gasteiger partial charge in [-0.1, -0.05) is 6.07 Å². The van der Waals surface area contributed by atoms with Crippen LogP contribution in [0.1, 0.15) is 22.9 Å². The smallest absolute Gasteiger partial charge is 0.0758 e. The molecule has 0 fully saturated rings. The van der Waals surface area contributed by atoms with Crippen molar-refractivity contribution < 1.29 is 0 Å². The molecule has 16 heavy (non-hydrogen) atoms. The minimum atomic E-state index is -0.0672. The lowest BCUT2D eigenvalue weighted by Gasteiger charge is -2.16. The van der Waals surface area contributed by atoms with Gasteiger partial charge < -0.3 is 0 Å². The van der Waals surface area contributed by atoms with Crippen molar-refractivity contribution in [3.8, 4) is 0 Å². The van der Waals surface area contributed by atoms with Crippen molar-refractivity contribution in [2.45, 2.75) is 13.0 Å². The van der Waals surface area contributed by atoms with Gasteiger partial charge in [-0.05, 0) is 18.6 Å². The molecule has 0 spiro atoms. The van der Waals surface area contributed by atoms with Gasteiger partial charge in [-0.2, -0.15) is 5.10 Å². The van der Waals surface area contributed by atoms with E-state index in [1.807, 2.05) is 32.3 Å². The molecule has 2 aromatic heterocycles. The predicted molar refractivity (Wildman–Crippen MR) is 61.3 cm³/mol. The van der Waals surface area contributed by atoms with E-state index in [1.165, 1.54) is 0 Å². The highest BCUT2D eigenvalue weighted by molar-refractivity contribution is 5.31. The number of hydrogen-bond acceptors (Lipinski definition) is 4. The number of aryl methyl sites for hydroxylation is 2. The maximum Gasteiger partial charge on any atom is 0.0758 e. The molecule has 0 aliphatic rings. The van der Waals surface area contributed by atoms with Crippen molar-refractivity contribution in [1.82, 2.24) is 20.2 Å². The maximum absolute atomic E-state index is 5.60. The van der Waals surface area contributed by atoms with Crippen molar-refractivity contribution in [3.63, 3.8) is 0 Å². The van der Waals surface area contributed by atoms with E-state index in [0.29, 0.717) is 0 Å². The Morgan fingerprint density at radius 3 is 2.88 bits per heavy atom. The second-order valence-electron chi connectivity index (χ2n) is 3.73. The van der Waals surface area contributed by atoms with Gasteiger partial charge in [0.2, 0.25) is 0 Å². The first kappa shape index (κ1) is 10.8. The zero-order valence-corrected chi connectivity index (χ0v) is 9.38. The molecule has 0 bridgehead atoms. The molecule has 0 amide bonds. The summed E-state index contributed by atoms with van der Waals surface area (Å²) in [6.45, 7) is 1.97. The Hall–Kier alpha value is -1.72. The van der Waals surface area contributed by atoms with Gasteiger partial charge in [-0.25, -0.2) is 5.43 Å². The molecule has 2 aromatic rings. The molecule has 5 nitrogen and oxygen atoms in total. The van der Waals surface area contributed by atoms with Crippen LogP contribution in [0.25, 0.3) is 0 Å². The highest BCUT2D eigenvalue weighted by atomic mass is 15.3. The third-order valence-electron chi connectivity index (χ3n) is 2.58. The van der Waals surface area contributed by atoms with E-state index in [0.717, 1.165) is 16.8 Å². The third-order valence-corrected chi connectivity index (χ3v) is 2.58. The monoisotopic (exact) mass is 217 g/mol. The second kappa shape index (κ2) is 4.42. The van der Waals surface area contributed by atoms with Crippen LogP contribution < -0.4 is 11.3 Å². The minimum Gasteiger partial charge on any atom is -0.275 e. The van der Waals surface area contributed by atoms with Crippen LogP contribution in [0.5, 0.6) is 0 Å². The quantitative estimate of drug-likeness (QED) is 0.586. The van der Waals surface area contributed by atoms with Gasteiger partial charge in [0.15, 0.2) is 0 Å². The molecular formula is C11H15N5. The van der Waals surface area contributed by atoms with Crippen LogP contribution in [-0.2, 0) is 7.05 Å². The van der Waals surface area contributed by atoms with Crippen LogP contribution >= 0.6 is 0 Å². The Kier molecular flexibility index (Phi) is 2.98. The highest BCUT2D eigenvalue weighted by Gasteiger charge is 2.16. The first-order valence-electron chi connectivity index (χ1n) is 5.08. The Morgan fingerprint density at radius 2 is 2.31 bits per heavy atom. The van der Waals surface area contributed by atoms with Crippen molar-refractivity contribution in [3.05, 3.63) is 47.5 Å². The third kappa shape index (κ3) is 1.95. The molecule has 0 saturated heterocycles. The number of nitrogens with one attached hydrogen (secondary N) is 1. The average molecular weight is 217 g/mol. The number of nitrogens with zero attached hydrogens (tertiary/aromatic N) is 3. The Labute approximate surface area is 94.3 Å². The van der Waals surface area contributed by atoms with Crippen LogP contribution in [-0.4, -0.2) is 14.8 Å². The van der Waals surface area contributed by atoms with Crippen LogP contribution in [0, 0.1) is 6.92 Å². The number of pyridine rings is 1. The molecule has 5 heteroatoms. The largest absolute Gasteiger partial charge is 0.275 e. The molecule has 3 N–H and O–H groups in total. The Balaban J connectivity index is 2.40. The lowest BCUT2D eigenvalue weighted by molar-refractivity contribution is 0.629. The second-order valence-corrected chi connectivity index (χ2v) is 3.73. The number of hydrazine groups is 1. The first-order valence-corrected chi connectivity index (χ1v) is 5.08. The molecule has 0 aliphatic heterocycles. The van der Waals surface area contributed by atoms with Gasteiger partial charge >= 0.3 is 0 Å². The summed E-state index contributed by atoms with van der Waals surface area (Å²) in [5.41, 5.74) is 5.86. The topological polar surface area (TPSA) is 68.8 Å². The van der Waals surface area contributed by atoms with E-state index in [-0.39, 0.29) is 6.04 Å². The average Bonchev–Trinajstić information content (AvgIpc) is 2.69. The molecule has 84 valence electrons. The van der Waals surface area contributed by atoms with Gasteiger partial charge in [0.1, 0.15) is 0 Å². The summed E-state index contributed by atoms with van der Waals surface area (Å²) in [6, 6.07) is 3.85. The highest BCUT2D eigenvalue weighted by Crippen LogP contribution is 2.22. The van der Waals surface area contributed by atoms with E-state index < -0.39 is 0 Å². The van der Waals surface area contributed by atoms with E-state index in [2.05, 4.69) is 15.5 Å². The molecular weight excluding hydrogens is 202 g/mol. The summed E-state index contributed by atoms with van der Waals surface area (Å²) in [5, 5.41) is 4.14. The molecule has 2 rings (SSSR count). The van der Waals surface area contributed by atoms with Crippen LogP contribution in [0.4, 0.5) is 0 Å². The molecule has 0 aromatic carbocycles. The van der Waals surface area contributed by atoms with Crippen molar-refractivity contribution in [1.29, 1.82) is 0 Å². The van der Waals surface area contributed by atoms with Gasteiger partial charge in [0.25, 0.3) is 0 Å². The first-order chi connectivity index (χ1) is 7.72. The fourth-order valence-electron chi connectivity index (χ4n) is 1.76. The minimum absolute atomic E-state index is 0.0672. The molecule has 0 aliphatic carbocycles. The van der Waals surface area contributed by atoms with Crippen molar-refractivity contribution in [2.24, 2.45) is 12.9 Å². The zero-order chi connectivity index (χ0) is 11.5. The Morgan fingerprint density at radius 1 is 1.50 bits per heavy atom. The number of nitrogens with two attached hydrogens (primary N) is 1. The van der Waals surface area contributed by atoms with Gasteiger partial charge in [0.05, 0.1) is 12.2 Å². The summed E-state index contributed by atoms with van der Waals surface area (Å²) in [5.74, 6) is 5.60. The molecule has 0 saturated carbocycles. The van der Waals surface area contributed by atoms with Crippen molar-refractivity contribution >= 4 is 0 Å². The summed E-state index contributed by atoms with van der Waals surface area (Å²) < 4.78 is 1.76. The fraction of sp³-hybridized carbons (Fsp3) is 0.273. The van der Waals surface area contributed by atoms with E-state index in [4.69, 9.17) is 5.84 Å². The van der Waals surface area contributed by atoms with Crippen LogP contribution in [0.2, 0.25) is 0 Å². The number of hydrogen-bond donors (Lipinski definition) is 2. The van der Waals surface area contributed by atoms with Gasteiger partial charge in [-0.15, -0.1) is 0 Å².